The Balaban J connectivity index is 1.26. The van der Waals surface area contributed by atoms with Gasteiger partial charge < -0.3 is 0 Å². The quantitative estimate of drug-likeness (QED) is 0.173. The van der Waals surface area contributed by atoms with Crippen LogP contribution in [-0.4, -0.2) is 9.97 Å². The summed E-state index contributed by atoms with van der Waals surface area (Å²) in [4.78, 5) is 10.3. The van der Waals surface area contributed by atoms with Crippen molar-refractivity contribution in [2.45, 2.75) is 0 Å². The lowest BCUT2D eigenvalue weighted by atomic mass is 9.90. The van der Waals surface area contributed by atoms with E-state index in [1.54, 1.807) is 0 Å². The van der Waals surface area contributed by atoms with Gasteiger partial charge in [0.2, 0.25) is 0 Å². The second-order valence-corrected chi connectivity index (χ2v) is 14.4. The first-order chi connectivity index (χ1) is 26.2. The van der Waals surface area contributed by atoms with Gasteiger partial charge in [-0.3, -0.25) is 0 Å². The molecule has 0 aliphatic rings. The van der Waals surface area contributed by atoms with Crippen LogP contribution in [0.5, 0.6) is 0 Å². The predicted octanol–water partition coefficient (Wildman–Crippen LogP) is 14.0. The summed E-state index contributed by atoms with van der Waals surface area (Å²) in [6, 6.07) is 69.2. The average molecular weight is 693 g/mol. The number of fused-ring (bicyclic) bond motifs is 4. The number of nitrogens with zero attached hydrogens (tertiary/aromatic N) is 2. The molecular weight excluding hydrogens is 661 g/mol. The van der Waals surface area contributed by atoms with E-state index in [9.17, 15) is 0 Å². The van der Waals surface area contributed by atoms with Crippen molar-refractivity contribution in [3.8, 4) is 67.3 Å². The molecule has 8 aromatic carbocycles. The van der Waals surface area contributed by atoms with E-state index in [-0.39, 0.29) is 0 Å². The van der Waals surface area contributed by atoms with E-state index in [1.165, 1.54) is 47.6 Å². The third-order valence-corrected chi connectivity index (χ3v) is 11.2. The molecule has 0 aliphatic carbocycles. The summed E-state index contributed by atoms with van der Waals surface area (Å²) in [6.45, 7) is 0. The van der Waals surface area contributed by atoms with Crippen LogP contribution in [0.3, 0.4) is 0 Å². The molecule has 2 nitrogen and oxygen atoms in total. The zero-order chi connectivity index (χ0) is 35.1. The number of benzene rings is 8. The Kier molecular flexibility index (Phi) is 7.71. The standard InChI is InChI=1S/C50H32N2S/c1-5-15-33(16-6-1)39-27-40(29-41(28-39)46-32-45(35-19-9-3-10-20-35)51-50(52-46)36-21-11-4-12-22-36)42-25-26-43(34-17-7-2-8-18-34)49-48(42)44-30-37-23-13-14-24-38(37)31-47(44)53-49/h1-32H. The van der Waals surface area contributed by atoms with Gasteiger partial charge in [0.25, 0.3) is 0 Å². The minimum atomic E-state index is 0.707. The Morgan fingerprint density at radius 1 is 0.340 bits per heavy atom. The van der Waals surface area contributed by atoms with Crippen LogP contribution < -0.4 is 0 Å². The van der Waals surface area contributed by atoms with Crippen molar-refractivity contribution in [3.05, 3.63) is 194 Å². The summed E-state index contributed by atoms with van der Waals surface area (Å²) >= 11 is 1.89. The topological polar surface area (TPSA) is 25.8 Å². The van der Waals surface area contributed by atoms with E-state index in [1.807, 2.05) is 35.6 Å². The Morgan fingerprint density at radius 2 is 0.849 bits per heavy atom. The highest BCUT2D eigenvalue weighted by Crippen LogP contribution is 2.47. The molecule has 2 aromatic heterocycles. The fourth-order valence-electron chi connectivity index (χ4n) is 7.45. The maximum Gasteiger partial charge on any atom is 0.160 e. The second kappa shape index (κ2) is 13.1. The van der Waals surface area contributed by atoms with Crippen molar-refractivity contribution >= 4 is 42.3 Å². The van der Waals surface area contributed by atoms with Crippen LogP contribution in [0.25, 0.3) is 98.2 Å². The molecule has 0 amide bonds. The molecule has 2 heterocycles. The fourth-order valence-corrected chi connectivity index (χ4v) is 8.74. The zero-order valence-electron chi connectivity index (χ0n) is 28.8. The van der Waals surface area contributed by atoms with Gasteiger partial charge in [-0.1, -0.05) is 158 Å². The van der Waals surface area contributed by atoms with Gasteiger partial charge in [0.1, 0.15) is 0 Å². The normalized spacial score (nSPS) is 11.4. The molecule has 0 saturated heterocycles. The van der Waals surface area contributed by atoms with Crippen LogP contribution in [0.15, 0.2) is 194 Å². The molecular formula is C50H32N2S. The third-order valence-electron chi connectivity index (χ3n) is 10.0. The summed E-state index contributed by atoms with van der Waals surface area (Å²) in [5.41, 5.74) is 12.0. The van der Waals surface area contributed by atoms with E-state index in [4.69, 9.17) is 9.97 Å². The molecule has 53 heavy (non-hydrogen) atoms. The lowest BCUT2D eigenvalue weighted by molar-refractivity contribution is 1.18. The maximum atomic E-state index is 5.25. The lowest BCUT2D eigenvalue weighted by Crippen LogP contribution is -1.96. The minimum absolute atomic E-state index is 0.707. The first-order valence-corrected chi connectivity index (χ1v) is 18.7. The van der Waals surface area contributed by atoms with Crippen molar-refractivity contribution in [3.63, 3.8) is 0 Å². The highest BCUT2D eigenvalue weighted by Gasteiger charge is 2.19. The van der Waals surface area contributed by atoms with E-state index in [2.05, 4.69) is 170 Å². The van der Waals surface area contributed by atoms with Crippen molar-refractivity contribution in [2.75, 3.05) is 0 Å². The van der Waals surface area contributed by atoms with Crippen LogP contribution in [-0.2, 0) is 0 Å². The largest absolute Gasteiger partial charge is 0.228 e. The van der Waals surface area contributed by atoms with Gasteiger partial charge in [-0.25, -0.2) is 9.97 Å². The van der Waals surface area contributed by atoms with E-state index in [0.29, 0.717) is 5.82 Å². The Labute approximate surface area is 312 Å². The van der Waals surface area contributed by atoms with Gasteiger partial charge >= 0.3 is 0 Å². The first kappa shape index (κ1) is 31.1. The van der Waals surface area contributed by atoms with Gasteiger partial charge in [-0.15, -0.1) is 11.3 Å². The number of hydrogen-bond donors (Lipinski definition) is 0. The molecule has 3 heteroatoms. The summed E-state index contributed by atoms with van der Waals surface area (Å²) in [6.07, 6.45) is 0. The highest BCUT2D eigenvalue weighted by molar-refractivity contribution is 7.26. The van der Waals surface area contributed by atoms with E-state index >= 15 is 0 Å². The van der Waals surface area contributed by atoms with Crippen LogP contribution >= 0.6 is 11.3 Å². The van der Waals surface area contributed by atoms with Gasteiger partial charge in [0, 0.05) is 36.9 Å². The highest BCUT2D eigenvalue weighted by atomic mass is 32.1. The Hall–Kier alpha value is -6.68. The van der Waals surface area contributed by atoms with Crippen molar-refractivity contribution in [1.82, 2.24) is 9.97 Å². The Morgan fingerprint density at radius 3 is 1.53 bits per heavy atom. The Bertz CT molecular complexity index is 2860. The van der Waals surface area contributed by atoms with Crippen LogP contribution in [0, 0.1) is 0 Å². The summed E-state index contributed by atoms with van der Waals surface area (Å²) in [5, 5.41) is 5.07. The van der Waals surface area contributed by atoms with E-state index in [0.717, 1.165) is 44.8 Å². The number of rotatable bonds is 6. The molecule has 10 rings (SSSR count). The first-order valence-electron chi connectivity index (χ1n) is 17.9. The molecule has 0 aliphatic heterocycles. The van der Waals surface area contributed by atoms with Gasteiger partial charge in [-0.2, -0.15) is 0 Å². The molecule has 0 bridgehead atoms. The SMILES string of the molecule is c1ccc(-c2cc(-c3cc(-c4ccccc4)nc(-c4ccccc4)n3)cc(-c3ccc(-c4ccccc4)c4sc5cc6ccccc6cc5c34)c2)cc1. The lowest BCUT2D eigenvalue weighted by Gasteiger charge is -2.15. The van der Waals surface area contributed by atoms with Gasteiger partial charge in [0.05, 0.1) is 11.4 Å². The zero-order valence-corrected chi connectivity index (χ0v) is 29.6. The predicted molar refractivity (Wildman–Crippen MR) is 225 cm³/mol. The molecule has 0 saturated carbocycles. The molecule has 0 unspecified atom stereocenters. The van der Waals surface area contributed by atoms with Gasteiger partial charge in [0.15, 0.2) is 5.82 Å². The van der Waals surface area contributed by atoms with Crippen LogP contribution in [0.1, 0.15) is 0 Å². The van der Waals surface area contributed by atoms with Crippen molar-refractivity contribution in [1.29, 1.82) is 0 Å². The van der Waals surface area contributed by atoms with Crippen LogP contribution in [0.4, 0.5) is 0 Å². The van der Waals surface area contributed by atoms with E-state index < -0.39 is 0 Å². The van der Waals surface area contributed by atoms with Crippen LogP contribution in [0.2, 0.25) is 0 Å². The summed E-state index contributed by atoms with van der Waals surface area (Å²) in [5.74, 6) is 0.707. The third kappa shape index (κ3) is 5.78. The summed E-state index contributed by atoms with van der Waals surface area (Å²) in [7, 11) is 0. The molecule has 0 radical (unpaired) electrons. The monoisotopic (exact) mass is 692 g/mol. The molecule has 10 aromatic rings. The summed E-state index contributed by atoms with van der Waals surface area (Å²) < 4.78 is 2.59. The molecule has 0 fully saturated rings. The number of aromatic nitrogens is 2. The number of hydrogen-bond acceptors (Lipinski definition) is 3. The van der Waals surface area contributed by atoms with Crippen molar-refractivity contribution < 1.29 is 0 Å². The average Bonchev–Trinajstić information content (AvgIpc) is 3.61. The molecule has 0 atom stereocenters. The molecule has 0 N–H and O–H groups in total. The minimum Gasteiger partial charge on any atom is -0.228 e. The maximum absolute atomic E-state index is 5.25. The molecule has 248 valence electrons. The molecule has 0 spiro atoms. The number of thiophene rings is 1. The van der Waals surface area contributed by atoms with Crippen molar-refractivity contribution in [2.24, 2.45) is 0 Å². The second-order valence-electron chi connectivity index (χ2n) is 13.4. The smallest absolute Gasteiger partial charge is 0.160 e. The van der Waals surface area contributed by atoms with Gasteiger partial charge in [-0.05, 0) is 80.6 Å². The fraction of sp³-hybridized carbons (Fsp3) is 0.